The highest BCUT2D eigenvalue weighted by Crippen LogP contribution is 2.28. The highest BCUT2D eigenvalue weighted by Gasteiger charge is 2.10. The van der Waals surface area contributed by atoms with Gasteiger partial charge in [0.15, 0.2) is 4.34 Å². The number of aryl methyl sites for hydroxylation is 1. The maximum absolute atomic E-state index is 13.6. The molecule has 0 saturated carbocycles. The van der Waals surface area contributed by atoms with E-state index in [0.717, 1.165) is 12.1 Å². The molecule has 8 heteroatoms. The van der Waals surface area contributed by atoms with Crippen molar-refractivity contribution in [2.24, 2.45) is 0 Å². The van der Waals surface area contributed by atoms with Crippen molar-refractivity contribution in [3.05, 3.63) is 59.9 Å². The first kappa shape index (κ1) is 18.3. The average Bonchev–Trinajstić information content (AvgIpc) is 3.10. The average molecular weight is 388 g/mol. The Labute approximate surface area is 159 Å². The zero-order valence-electron chi connectivity index (χ0n) is 14.0. The van der Waals surface area contributed by atoms with Crippen LogP contribution in [0.3, 0.4) is 0 Å². The topological polar surface area (TPSA) is 66.9 Å². The third-order valence-corrected chi connectivity index (χ3v) is 5.47. The summed E-state index contributed by atoms with van der Waals surface area (Å²) in [5.74, 6) is -0.243. The van der Waals surface area contributed by atoms with Crippen molar-refractivity contribution in [3.8, 4) is 0 Å². The Morgan fingerprint density at radius 2 is 1.92 bits per heavy atom. The number of benzene rings is 2. The third-order valence-electron chi connectivity index (χ3n) is 3.49. The number of hydrogen-bond acceptors (Lipinski definition) is 6. The number of carbonyl (C=O) groups is 1. The summed E-state index contributed by atoms with van der Waals surface area (Å²) < 4.78 is 14.3. The summed E-state index contributed by atoms with van der Waals surface area (Å²) in [6, 6.07) is 14.1. The molecule has 0 spiro atoms. The summed E-state index contributed by atoms with van der Waals surface area (Å²) in [6.45, 7) is 2.08. The molecule has 134 valence electrons. The Kier molecular flexibility index (Phi) is 6.19. The van der Waals surface area contributed by atoms with Crippen LogP contribution in [0.2, 0.25) is 0 Å². The van der Waals surface area contributed by atoms with Crippen molar-refractivity contribution in [1.29, 1.82) is 0 Å². The van der Waals surface area contributed by atoms with Crippen LogP contribution in [0.25, 0.3) is 0 Å². The van der Waals surface area contributed by atoms with E-state index < -0.39 is 0 Å². The van der Waals surface area contributed by atoms with Gasteiger partial charge in [0, 0.05) is 5.69 Å². The first-order chi connectivity index (χ1) is 12.6. The Morgan fingerprint density at radius 3 is 2.65 bits per heavy atom. The molecule has 0 fully saturated rings. The molecule has 0 radical (unpaired) electrons. The van der Waals surface area contributed by atoms with Gasteiger partial charge in [0.1, 0.15) is 5.82 Å². The Balaban J connectivity index is 1.51. The molecular formula is C18H17FN4OS2. The lowest BCUT2D eigenvalue weighted by atomic mass is 10.1. The second kappa shape index (κ2) is 8.77. The highest BCUT2D eigenvalue weighted by molar-refractivity contribution is 8.01. The van der Waals surface area contributed by atoms with Gasteiger partial charge < -0.3 is 10.6 Å². The number of amides is 1. The fourth-order valence-electron chi connectivity index (χ4n) is 2.14. The van der Waals surface area contributed by atoms with Gasteiger partial charge in [-0.3, -0.25) is 4.79 Å². The van der Waals surface area contributed by atoms with Gasteiger partial charge in [-0.05, 0) is 36.2 Å². The van der Waals surface area contributed by atoms with Gasteiger partial charge in [-0.15, -0.1) is 10.2 Å². The van der Waals surface area contributed by atoms with E-state index in [0.29, 0.717) is 15.2 Å². The first-order valence-corrected chi connectivity index (χ1v) is 9.81. The van der Waals surface area contributed by atoms with E-state index in [1.54, 1.807) is 18.2 Å². The number of thioether (sulfide) groups is 1. The summed E-state index contributed by atoms with van der Waals surface area (Å²) >= 11 is 2.56. The number of anilines is 3. The maximum atomic E-state index is 13.6. The molecule has 0 bridgehead atoms. The van der Waals surface area contributed by atoms with Crippen molar-refractivity contribution < 1.29 is 9.18 Å². The van der Waals surface area contributed by atoms with E-state index in [1.807, 2.05) is 24.3 Å². The smallest absolute Gasteiger partial charge is 0.234 e. The fraction of sp³-hybridized carbons (Fsp3) is 0.167. The number of nitrogens with zero attached hydrogens (tertiary/aromatic N) is 2. The molecular weight excluding hydrogens is 371 g/mol. The van der Waals surface area contributed by atoms with Crippen LogP contribution in [0.4, 0.5) is 20.9 Å². The molecule has 26 heavy (non-hydrogen) atoms. The van der Waals surface area contributed by atoms with Crippen LogP contribution < -0.4 is 10.6 Å². The maximum Gasteiger partial charge on any atom is 0.234 e. The fourth-order valence-corrected chi connectivity index (χ4v) is 3.71. The monoisotopic (exact) mass is 388 g/mol. The van der Waals surface area contributed by atoms with Crippen LogP contribution in [0, 0.1) is 5.82 Å². The number of carbonyl (C=O) groups excluding carboxylic acids is 1. The molecule has 2 N–H and O–H groups in total. The summed E-state index contributed by atoms with van der Waals surface area (Å²) in [5, 5.41) is 14.2. The lowest BCUT2D eigenvalue weighted by molar-refractivity contribution is -0.113. The molecule has 0 aliphatic carbocycles. The van der Waals surface area contributed by atoms with Crippen LogP contribution in [-0.4, -0.2) is 21.9 Å². The van der Waals surface area contributed by atoms with Gasteiger partial charge >= 0.3 is 0 Å². The Hall–Kier alpha value is -2.45. The number of nitrogens with one attached hydrogen (secondary N) is 2. The van der Waals surface area contributed by atoms with Crippen molar-refractivity contribution in [3.63, 3.8) is 0 Å². The minimum atomic E-state index is -0.356. The van der Waals surface area contributed by atoms with E-state index in [1.165, 1.54) is 34.7 Å². The predicted molar refractivity (Wildman–Crippen MR) is 105 cm³/mol. The molecule has 2 aromatic carbocycles. The number of rotatable bonds is 7. The molecule has 0 aliphatic heterocycles. The number of hydrogen-bond donors (Lipinski definition) is 2. The molecule has 5 nitrogen and oxygen atoms in total. The zero-order chi connectivity index (χ0) is 18.4. The van der Waals surface area contributed by atoms with Gasteiger partial charge in [-0.2, -0.15) is 0 Å². The Bertz CT molecular complexity index is 883. The molecule has 0 saturated heterocycles. The van der Waals surface area contributed by atoms with E-state index in [4.69, 9.17) is 0 Å². The first-order valence-electron chi connectivity index (χ1n) is 8.00. The predicted octanol–water partition coefficient (Wildman–Crippen LogP) is 4.71. The standard InChI is InChI=1S/C18H17FN4OS2/c1-2-12-7-9-13(10-8-12)20-16(24)11-25-18-23-22-17(26-18)21-15-6-4-3-5-14(15)19/h3-10H,2,11H2,1H3,(H,20,24)(H,21,22). The molecule has 1 amide bonds. The molecule has 0 atom stereocenters. The number of aromatic nitrogens is 2. The van der Waals surface area contributed by atoms with Crippen LogP contribution in [-0.2, 0) is 11.2 Å². The SMILES string of the molecule is CCc1ccc(NC(=O)CSc2nnc(Nc3ccccc3F)s2)cc1. The van der Waals surface area contributed by atoms with Crippen molar-refractivity contribution in [2.75, 3.05) is 16.4 Å². The number of para-hydroxylation sites is 1. The van der Waals surface area contributed by atoms with Gasteiger partial charge in [0.2, 0.25) is 11.0 Å². The van der Waals surface area contributed by atoms with Gasteiger partial charge in [-0.1, -0.05) is 54.3 Å². The lowest BCUT2D eigenvalue weighted by Gasteiger charge is -2.05. The Morgan fingerprint density at radius 1 is 1.15 bits per heavy atom. The molecule has 0 aliphatic rings. The molecule has 0 unspecified atom stereocenters. The van der Waals surface area contributed by atoms with Crippen LogP contribution in [0.5, 0.6) is 0 Å². The third kappa shape index (κ3) is 5.03. The zero-order valence-corrected chi connectivity index (χ0v) is 15.7. The van der Waals surface area contributed by atoms with Crippen LogP contribution >= 0.6 is 23.1 Å². The summed E-state index contributed by atoms with van der Waals surface area (Å²) in [5.41, 5.74) is 2.33. The summed E-state index contributed by atoms with van der Waals surface area (Å²) in [7, 11) is 0. The van der Waals surface area contributed by atoms with Crippen molar-refractivity contribution in [1.82, 2.24) is 10.2 Å². The molecule has 1 aromatic heterocycles. The van der Waals surface area contributed by atoms with E-state index in [9.17, 15) is 9.18 Å². The second-order valence-corrected chi connectivity index (χ2v) is 7.57. The van der Waals surface area contributed by atoms with E-state index in [2.05, 4.69) is 27.8 Å². The molecule has 3 rings (SSSR count). The molecule has 1 heterocycles. The quantitative estimate of drug-likeness (QED) is 0.574. The van der Waals surface area contributed by atoms with Crippen molar-refractivity contribution >= 4 is 45.5 Å². The lowest BCUT2D eigenvalue weighted by Crippen LogP contribution is -2.13. The van der Waals surface area contributed by atoms with E-state index in [-0.39, 0.29) is 17.5 Å². The van der Waals surface area contributed by atoms with Gasteiger partial charge in [-0.25, -0.2) is 4.39 Å². The second-order valence-electron chi connectivity index (χ2n) is 5.37. The minimum Gasteiger partial charge on any atom is -0.328 e. The van der Waals surface area contributed by atoms with Crippen LogP contribution in [0.15, 0.2) is 52.9 Å². The molecule has 3 aromatic rings. The van der Waals surface area contributed by atoms with Crippen LogP contribution in [0.1, 0.15) is 12.5 Å². The van der Waals surface area contributed by atoms with E-state index >= 15 is 0 Å². The minimum absolute atomic E-state index is 0.113. The van der Waals surface area contributed by atoms with Gasteiger partial charge in [0.05, 0.1) is 11.4 Å². The normalized spacial score (nSPS) is 10.5. The summed E-state index contributed by atoms with van der Waals surface area (Å²) in [6.07, 6.45) is 0.963. The highest BCUT2D eigenvalue weighted by atomic mass is 32.2. The summed E-state index contributed by atoms with van der Waals surface area (Å²) in [4.78, 5) is 12.0. The number of halogens is 1. The largest absolute Gasteiger partial charge is 0.328 e. The van der Waals surface area contributed by atoms with Gasteiger partial charge in [0.25, 0.3) is 0 Å². The van der Waals surface area contributed by atoms with Crippen molar-refractivity contribution in [2.45, 2.75) is 17.7 Å².